The molecule has 0 amide bonds. The second kappa shape index (κ2) is 8.25. The maximum absolute atomic E-state index is 13.4. The molecule has 1 N–H and O–H groups in total. The molecule has 10 nitrogen and oxygen atoms in total. The number of hydrogen-bond donors (Lipinski definition) is 1. The van der Waals surface area contributed by atoms with E-state index in [1.54, 1.807) is 36.4 Å². The Morgan fingerprint density at radius 2 is 1.97 bits per heavy atom. The van der Waals surface area contributed by atoms with Gasteiger partial charge >= 0.3 is 5.69 Å². The molecule has 0 bridgehead atoms. The summed E-state index contributed by atoms with van der Waals surface area (Å²) in [7, 11) is -2.34. The first-order chi connectivity index (χ1) is 16.2. The van der Waals surface area contributed by atoms with Crippen molar-refractivity contribution in [2.24, 2.45) is 7.05 Å². The average Bonchev–Trinajstić information content (AvgIpc) is 3.17. The minimum atomic E-state index is -4.06. The predicted octanol–water partition coefficient (Wildman–Crippen LogP) is 1.23. The molecule has 178 valence electrons. The second-order valence-corrected chi connectivity index (χ2v) is 11.1. The average molecular weight is 505 g/mol. The van der Waals surface area contributed by atoms with Crippen LogP contribution in [-0.2, 0) is 30.2 Å². The fraction of sp³-hybridized carbons (Fsp3) is 0.333. The van der Waals surface area contributed by atoms with E-state index in [0.717, 1.165) is 9.44 Å². The Morgan fingerprint density at radius 3 is 2.59 bits per heavy atom. The number of halogens is 1. The fourth-order valence-electron chi connectivity index (χ4n) is 3.84. The largest absolute Gasteiger partial charge is 0.332 e. The SMILES string of the molecule is Cn1cc(Cn2c(=O)c3cc(S(=O)(=O)NC4(CF)CC4)ccc3n(Cc3ccns3)c2=O)cn1. The molecule has 1 aromatic carbocycles. The van der Waals surface area contributed by atoms with Crippen molar-refractivity contribution in [3.8, 4) is 0 Å². The Bertz CT molecular complexity index is 1600. The Labute approximate surface area is 197 Å². The summed E-state index contributed by atoms with van der Waals surface area (Å²) in [4.78, 5) is 27.4. The molecule has 3 aromatic heterocycles. The molecule has 1 fully saturated rings. The van der Waals surface area contributed by atoms with Gasteiger partial charge in [0.25, 0.3) is 5.56 Å². The van der Waals surface area contributed by atoms with E-state index >= 15 is 0 Å². The third kappa shape index (κ3) is 4.10. The zero-order chi connectivity index (χ0) is 24.1. The molecular weight excluding hydrogens is 483 g/mol. The van der Waals surface area contributed by atoms with Crippen LogP contribution in [0.3, 0.4) is 0 Å². The summed E-state index contributed by atoms with van der Waals surface area (Å²) in [5.41, 5.74) is -1.27. The van der Waals surface area contributed by atoms with Crippen LogP contribution < -0.4 is 16.0 Å². The molecule has 0 saturated heterocycles. The molecule has 0 radical (unpaired) electrons. The van der Waals surface area contributed by atoms with Gasteiger partial charge in [0.1, 0.15) is 6.67 Å². The standard InChI is InChI=1S/C21H21FN6O4S2/c1-26-10-14(9-23-26)11-28-19(29)17-8-16(34(31,32)25-21(13-22)5-6-21)2-3-18(17)27(20(28)30)12-15-4-7-24-33-15/h2-4,7-10,25H,5-6,11-13H2,1H3. The third-order valence-corrected chi connectivity index (χ3v) is 8.17. The van der Waals surface area contributed by atoms with Crippen LogP contribution in [-0.4, -0.2) is 43.9 Å². The van der Waals surface area contributed by atoms with Crippen LogP contribution in [0.1, 0.15) is 23.3 Å². The Kier molecular flexibility index (Phi) is 5.49. The molecule has 0 spiro atoms. The van der Waals surface area contributed by atoms with Crippen molar-refractivity contribution in [2.45, 2.75) is 36.4 Å². The molecule has 34 heavy (non-hydrogen) atoms. The number of sulfonamides is 1. The zero-order valence-electron chi connectivity index (χ0n) is 18.1. The van der Waals surface area contributed by atoms with Gasteiger partial charge in [0.15, 0.2) is 0 Å². The number of aryl methyl sites for hydroxylation is 1. The molecule has 13 heteroatoms. The summed E-state index contributed by atoms with van der Waals surface area (Å²) in [6, 6.07) is 5.79. The summed E-state index contributed by atoms with van der Waals surface area (Å²) in [5, 5.41) is 4.15. The smallest absolute Gasteiger partial charge is 0.288 e. The van der Waals surface area contributed by atoms with Gasteiger partial charge in [-0.1, -0.05) is 0 Å². The van der Waals surface area contributed by atoms with Crippen molar-refractivity contribution in [1.82, 2.24) is 28.0 Å². The normalized spacial score (nSPS) is 15.1. The van der Waals surface area contributed by atoms with Crippen LogP contribution in [0, 0.1) is 0 Å². The van der Waals surface area contributed by atoms with Gasteiger partial charge < -0.3 is 0 Å². The van der Waals surface area contributed by atoms with Gasteiger partial charge in [0.05, 0.1) is 40.6 Å². The van der Waals surface area contributed by atoms with E-state index in [1.807, 2.05) is 0 Å². The highest BCUT2D eigenvalue weighted by atomic mass is 32.2. The van der Waals surface area contributed by atoms with Crippen molar-refractivity contribution in [3.63, 3.8) is 0 Å². The first kappa shape index (κ1) is 22.6. The summed E-state index contributed by atoms with van der Waals surface area (Å²) in [5.74, 6) is 0. The first-order valence-corrected chi connectivity index (χ1v) is 12.7. The van der Waals surface area contributed by atoms with E-state index in [9.17, 15) is 22.4 Å². The summed E-state index contributed by atoms with van der Waals surface area (Å²) >= 11 is 1.22. The van der Waals surface area contributed by atoms with E-state index in [4.69, 9.17) is 0 Å². The number of alkyl halides is 1. The highest BCUT2D eigenvalue weighted by Gasteiger charge is 2.46. The number of benzene rings is 1. The van der Waals surface area contributed by atoms with Crippen molar-refractivity contribution in [3.05, 3.63) is 74.1 Å². The number of nitrogens with zero attached hydrogens (tertiary/aromatic N) is 5. The van der Waals surface area contributed by atoms with E-state index in [-0.39, 0.29) is 23.4 Å². The molecule has 0 aliphatic heterocycles. The van der Waals surface area contributed by atoms with E-state index < -0.39 is 33.5 Å². The van der Waals surface area contributed by atoms with Gasteiger partial charge in [-0.25, -0.2) is 26.7 Å². The fourth-order valence-corrected chi connectivity index (χ4v) is 5.87. The molecule has 3 heterocycles. The summed E-state index contributed by atoms with van der Waals surface area (Å²) < 4.78 is 49.7. The number of nitrogens with one attached hydrogen (secondary N) is 1. The monoisotopic (exact) mass is 504 g/mol. The summed E-state index contributed by atoms with van der Waals surface area (Å²) in [6.45, 7) is -0.654. The molecule has 1 saturated carbocycles. The molecule has 1 aliphatic carbocycles. The van der Waals surface area contributed by atoms with E-state index in [1.165, 1.54) is 34.3 Å². The van der Waals surface area contributed by atoms with Gasteiger partial charge in [0.2, 0.25) is 10.0 Å². The van der Waals surface area contributed by atoms with Crippen molar-refractivity contribution < 1.29 is 12.8 Å². The Hall–Kier alpha value is -3.16. The second-order valence-electron chi connectivity index (χ2n) is 8.46. The topological polar surface area (TPSA) is 121 Å². The number of rotatable bonds is 8. The van der Waals surface area contributed by atoms with Crippen LogP contribution in [0.25, 0.3) is 10.9 Å². The maximum Gasteiger partial charge on any atom is 0.332 e. The molecule has 1 aliphatic rings. The minimum absolute atomic E-state index is 0.0235. The first-order valence-electron chi connectivity index (χ1n) is 10.5. The molecule has 5 rings (SSSR count). The predicted molar refractivity (Wildman–Crippen MR) is 124 cm³/mol. The molecular formula is C21H21FN6O4S2. The van der Waals surface area contributed by atoms with Gasteiger partial charge in [-0.15, -0.1) is 0 Å². The third-order valence-electron chi connectivity index (χ3n) is 5.87. The molecule has 4 aromatic rings. The van der Waals surface area contributed by atoms with Crippen LogP contribution in [0.5, 0.6) is 0 Å². The number of hydrogen-bond acceptors (Lipinski definition) is 7. The minimum Gasteiger partial charge on any atom is -0.288 e. The lowest BCUT2D eigenvalue weighted by atomic mass is 10.2. The van der Waals surface area contributed by atoms with Gasteiger partial charge in [-0.2, -0.15) is 5.10 Å². The quantitative estimate of drug-likeness (QED) is 0.385. The van der Waals surface area contributed by atoms with Crippen molar-refractivity contribution in [1.29, 1.82) is 0 Å². The van der Waals surface area contributed by atoms with Crippen LogP contribution >= 0.6 is 11.5 Å². The number of fused-ring (bicyclic) bond motifs is 1. The van der Waals surface area contributed by atoms with Gasteiger partial charge in [-0.05, 0) is 48.6 Å². The number of aromatic nitrogens is 5. The van der Waals surface area contributed by atoms with Crippen molar-refractivity contribution >= 4 is 32.5 Å². The zero-order valence-corrected chi connectivity index (χ0v) is 19.8. The van der Waals surface area contributed by atoms with Crippen LogP contribution in [0.2, 0.25) is 0 Å². The van der Waals surface area contributed by atoms with Gasteiger partial charge in [-0.3, -0.25) is 18.6 Å². The van der Waals surface area contributed by atoms with Crippen molar-refractivity contribution in [2.75, 3.05) is 6.67 Å². The van der Waals surface area contributed by atoms with Crippen LogP contribution in [0.4, 0.5) is 4.39 Å². The highest BCUT2D eigenvalue weighted by molar-refractivity contribution is 7.89. The molecule has 0 atom stereocenters. The lowest BCUT2D eigenvalue weighted by Gasteiger charge is -2.16. The lowest BCUT2D eigenvalue weighted by Crippen LogP contribution is -2.41. The van der Waals surface area contributed by atoms with E-state index in [0.29, 0.717) is 23.9 Å². The highest BCUT2D eigenvalue weighted by Crippen LogP contribution is 2.37. The Balaban J connectivity index is 1.68. The van der Waals surface area contributed by atoms with E-state index in [2.05, 4.69) is 14.2 Å². The summed E-state index contributed by atoms with van der Waals surface area (Å²) in [6.07, 6.45) is 5.71. The Morgan fingerprint density at radius 1 is 1.18 bits per heavy atom. The van der Waals surface area contributed by atoms with Crippen LogP contribution in [0.15, 0.2) is 57.3 Å². The maximum atomic E-state index is 13.4. The van der Waals surface area contributed by atoms with Gasteiger partial charge in [0, 0.05) is 29.9 Å². The lowest BCUT2D eigenvalue weighted by molar-refractivity contribution is 0.393. The molecule has 0 unspecified atom stereocenters.